The summed E-state index contributed by atoms with van der Waals surface area (Å²) in [6.45, 7) is -0.300. The molecule has 27 heavy (non-hydrogen) atoms. The molecule has 8 nitrogen and oxygen atoms in total. The minimum atomic E-state index is -0.370. The first-order chi connectivity index (χ1) is 13.2. The van der Waals surface area contributed by atoms with Gasteiger partial charge in [-0.15, -0.1) is 0 Å². The Balaban J connectivity index is 1.43. The molecule has 0 fully saturated rings. The van der Waals surface area contributed by atoms with E-state index in [9.17, 15) is 9.90 Å². The Morgan fingerprint density at radius 3 is 2.70 bits per heavy atom. The molecule has 2 aromatic heterocycles. The Morgan fingerprint density at radius 1 is 1.19 bits per heavy atom. The van der Waals surface area contributed by atoms with Crippen LogP contribution in [0.15, 0.2) is 59.4 Å². The topological polar surface area (TPSA) is 110 Å². The summed E-state index contributed by atoms with van der Waals surface area (Å²) in [7, 11) is 0. The predicted octanol–water partition coefficient (Wildman–Crippen LogP) is 1.37. The van der Waals surface area contributed by atoms with Crippen LogP contribution in [0.4, 0.5) is 0 Å². The molecule has 0 bridgehead atoms. The number of nitrogens with zero attached hydrogens (tertiary/aromatic N) is 3. The first-order valence-electron chi connectivity index (χ1n) is 8.49. The zero-order valence-electron chi connectivity index (χ0n) is 14.6. The minimum Gasteiger partial charge on any atom is -0.394 e. The van der Waals surface area contributed by atoms with Crippen molar-refractivity contribution < 1.29 is 19.2 Å². The molecule has 1 amide bonds. The van der Waals surface area contributed by atoms with E-state index >= 15 is 0 Å². The van der Waals surface area contributed by atoms with Crippen LogP contribution in [-0.4, -0.2) is 45.4 Å². The summed E-state index contributed by atoms with van der Waals surface area (Å²) >= 11 is 0. The maximum absolute atomic E-state index is 12.0. The fourth-order valence-corrected chi connectivity index (χ4v) is 2.49. The second kappa shape index (κ2) is 9.56. The number of nitrogens with one attached hydrogen (secondary N) is 1. The van der Waals surface area contributed by atoms with Gasteiger partial charge in [0, 0.05) is 18.0 Å². The number of amides is 1. The molecule has 8 heteroatoms. The normalized spacial score (nSPS) is 11.9. The van der Waals surface area contributed by atoms with Gasteiger partial charge in [0.15, 0.2) is 0 Å². The molecule has 2 heterocycles. The van der Waals surface area contributed by atoms with Crippen molar-refractivity contribution in [2.24, 2.45) is 0 Å². The van der Waals surface area contributed by atoms with Crippen molar-refractivity contribution in [2.75, 3.05) is 13.2 Å². The van der Waals surface area contributed by atoms with Crippen LogP contribution >= 0.6 is 0 Å². The predicted molar refractivity (Wildman–Crippen MR) is 96.3 cm³/mol. The third-order valence-electron chi connectivity index (χ3n) is 3.78. The molecule has 3 rings (SSSR count). The molecule has 0 aliphatic rings. The summed E-state index contributed by atoms with van der Waals surface area (Å²) in [5.41, 5.74) is 1.82. The van der Waals surface area contributed by atoms with E-state index < -0.39 is 0 Å². The maximum Gasteiger partial charge on any atom is 0.252 e. The summed E-state index contributed by atoms with van der Waals surface area (Å²) in [6.07, 6.45) is 3.82. The third-order valence-corrected chi connectivity index (χ3v) is 3.78. The standard InChI is InChI=1S/C19H20N4O4/c24-11-16(10-14-4-2-1-3-5-14)21-17(25)12-26-13-18-22-19(23-27-18)15-6-8-20-9-7-15/h1-9,16,24H,10-13H2,(H,21,25)/t16-/m1/s1. The Hall–Kier alpha value is -3.10. The van der Waals surface area contributed by atoms with Crippen molar-refractivity contribution >= 4 is 5.91 Å². The lowest BCUT2D eigenvalue weighted by molar-refractivity contribution is -0.127. The number of carbonyl (C=O) groups is 1. The van der Waals surface area contributed by atoms with E-state index in [0.29, 0.717) is 12.2 Å². The van der Waals surface area contributed by atoms with Gasteiger partial charge in [-0.1, -0.05) is 35.5 Å². The molecule has 0 aliphatic carbocycles. The van der Waals surface area contributed by atoms with Crippen LogP contribution in [0.25, 0.3) is 11.4 Å². The van der Waals surface area contributed by atoms with Crippen molar-refractivity contribution in [3.63, 3.8) is 0 Å². The lowest BCUT2D eigenvalue weighted by atomic mass is 10.1. The second-order valence-corrected chi connectivity index (χ2v) is 5.88. The molecule has 0 unspecified atom stereocenters. The zero-order chi connectivity index (χ0) is 18.9. The van der Waals surface area contributed by atoms with E-state index in [0.717, 1.165) is 11.1 Å². The minimum absolute atomic E-state index is 0.0218. The van der Waals surface area contributed by atoms with E-state index in [-0.39, 0.29) is 37.7 Å². The van der Waals surface area contributed by atoms with Crippen molar-refractivity contribution in [3.8, 4) is 11.4 Å². The van der Waals surface area contributed by atoms with E-state index in [4.69, 9.17) is 9.26 Å². The summed E-state index contributed by atoms with van der Waals surface area (Å²) in [6, 6.07) is 12.8. The third kappa shape index (κ3) is 5.70. The fourth-order valence-electron chi connectivity index (χ4n) is 2.49. The average molecular weight is 368 g/mol. The molecule has 1 atom stereocenters. The summed E-state index contributed by atoms with van der Waals surface area (Å²) in [4.78, 5) is 20.1. The molecule has 1 aromatic carbocycles. The molecular weight excluding hydrogens is 348 g/mol. The van der Waals surface area contributed by atoms with Crippen molar-refractivity contribution in [2.45, 2.75) is 19.1 Å². The van der Waals surface area contributed by atoms with Crippen LogP contribution in [0, 0.1) is 0 Å². The monoisotopic (exact) mass is 368 g/mol. The van der Waals surface area contributed by atoms with E-state index in [1.807, 2.05) is 30.3 Å². The number of rotatable bonds is 9. The second-order valence-electron chi connectivity index (χ2n) is 5.88. The van der Waals surface area contributed by atoms with Gasteiger partial charge in [-0.25, -0.2) is 0 Å². The number of benzene rings is 1. The Bertz CT molecular complexity index is 839. The van der Waals surface area contributed by atoms with Crippen LogP contribution in [0.2, 0.25) is 0 Å². The van der Waals surface area contributed by atoms with Gasteiger partial charge >= 0.3 is 0 Å². The van der Waals surface area contributed by atoms with Gasteiger partial charge in [-0.3, -0.25) is 9.78 Å². The van der Waals surface area contributed by atoms with Gasteiger partial charge in [0.25, 0.3) is 5.89 Å². The summed E-state index contributed by atoms with van der Waals surface area (Å²) in [5.74, 6) is 0.389. The van der Waals surface area contributed by atoms with Crippen molar-refractivity contribution in [3.05, 3.63) is 66.3 Å². The van der Waals surface area contributed by atoms with Gasteiger partial charge in [0.2, 0.25) is 11.7 Å². The summed E-state index contributed by atoms with van der Waals surface area (Å²) < 4.78 is 10.4. The number of aliphatic hydroxyl groups is 1. The highest BCUT2D eigenvalue weighted by Gasteiger charge is 2.13. The number of aromatic nitrogens is 3. The fraction of sp³-hybridized carbons (Fsp3) is 0.263. The molecular formula is C19H20N4O4. The molecule has 140 valence electrons. The number of aliphatic hydroxyl groups excluding tert-OH is 1. The van der Waals surface area contributed by atoms with Crippen molar-refractivity contribution in [1.29, 1.82) is 0 Å². The molecule has 0 spiro atoms. The lowest BCUT2D eigenvalue weighted by Gasteiger charge is -2.16. The molecule has 0 radical (unpaired) electrons. The molecule has 2 N–H and O–H groups in total. The number of carbonyl (C=O) groups excluding carboxylic acids is 1. The molecule has 0 saturated carbocycles. The molecule has 3 aromatic rings. The van der Waals surface area contributed by atoms with Crippen LogP contribution in [-0.2, 0) is 22.6 Å². The SMILES string of the molecule is O=C(COCc1nc(-c2ccncc2)no1)N[C@@H](CO)Cc1ccccc1. The number of hydrogen-bond donors (Lipinski definition) is 2. The molecule has 0 aliphatic heterocycles. The maximum atomic E-state index is 12.0. The zero-order valence-corrected chi connectivity index (χ0v) is 14.6. The van der Waals surface area contributed by atoms with E-state index in [1.54, 1.807) is 24.5 Å². The quantitative estimate of drug-likeness (QED) is 0.587. The smallest absolute Gasteiger partial charge is 0.252 e. The van der Waals surface area contributed by atoms with Crippen LogP contribution < -0.4 is 5.32 Å². The first-order valence-corrected chi connectivity index (χ1v) is 8.49. The van der Waals surface area contributed by atoms with E-state index in [1.165, 1.54) is 0 Å². The van der Waals surface area contributed by atoms with E-state index in [2.05, 4.69) is 20.4 Å². The molecule has 0 saturated heterocycles. The van der Waals surface area contributed by atoms with Crippen LogP contribution in [0.5, 0.6) is 0 Å². The number of ether oxygens (including phenoxy) is 1. The highest BCUT2D eigenvalue weighted by atomic mass is 16.5. The summed E-state index contributed by atoms with van der Waals surface area (Å²) in [5, 5.41) is 16.1. The van der Waals surface area contributed by atoms with Crippen molar-refractivity contribution in [1.82, 2.24) is 20.4 Å². The number of hydrogen-bond acceptors (Lipinski definition) is 7. The number of pyridine rings is 1. The highest BCUT2D eigenvalue weighted by molar-refractivity contribution is 5.77. The van der Waals surface area contributed by atoms with Gasteiger partial charge in [-0.05, 0) is 24.1 Å². The van der Waals surface area contributed by atoms with Gasteiger partial charge in [0.1, 0.15) is 13.2 Å². The van der Waals surface area contributed by atoms with Crippen LogP contribution in [0.1, 0.15) is 11.5 Å². The highest BCUT2D eigenvalue weighted by Crippen LogP contribution is 2.14. The average Bonchev–Trinajstić information content (AvgIpc) is 3.18. The van der Waals surface area contributed by atoms with Gasteiger partial charge in [-0.2, -0.15) is 4.98 Å². The van der Waals surface area contributed by atoms with Crippen LogP contribution in [0.3, 0.4) is 0 Å². The Labute approximate surface area is 156 Å². The first kappa shape index (κ1) is 18.7. The Kier molecular flexibility index (Phi) is 6.61. The largest absolute Gasteiger partial charge is 0.394 e. The van der Waals surface area contributed by atoms with Gasteiger partial charge < -0.3 is 19.7 Å². The lowest BCUT2D eigenvalue weighted by Crippen LogP contribution is -2.40. The van der Waals surface area contributed by atoms with Gasteiger partial charge in [0.05, 0.1) is 12.6 Å². The Morgan fingerprint density at radius 2 is 1.96 bits per heavy atom.